The summed E-state index contributed by atoms with van der Waals surface area (Å²) in [6.07, 6.45) is 2.63. The number of nitrogens with one attached hydrogen (secondary N) is 1. The minimum Gasteiger partial charge on any atom is -0.375 e. The molecule has 0 saturated carbocycles. The minimum atomic E-state index is -3.00. The third kappa shape index (κ3) is 5.10. The molecule has 1 N–H and O–H groups in total. The fourth-order valence-electron chi connectivity index (χ4n) is 2.60. The van der Waals surface area contributed by atoms with Crippen molar-refractivity contribution in [3.63, 3.8) is 0 Å². The van der Waals surface area contributed by atoms with Crippen molar-refractivity contribution in [2.24, 2.45) is 0 Å². The summed E-state index contributed by atoms with van der Waals surface area (Å²) < 4.78 is 23.0. The monoisotopic (exact) mass is 347 g/mol. The van der Waals surface area contributed by atoms with Gasteiger partial charge in [-0.15, -0.1) is 0 Å². The lowest BCUT2D eigenvalue weighted by Gasteiger charge is -2.21. The van der Waals surface area contributed by atoms with E-state index in [1.807, 2.05) is 36.4 Å². The van der Waals surface area contributed by atoms with Crippen LogP contribution in [-0.2, 0) is 21.1 Å². The number of benzene rings is 1. The van der Waals surface area contributed by atoms with Crippen LogP contribution in [-0.4, -0.2) is 50.4 Å². The van der Waals surface area contributed by atoms with E-state index in [9.17, 15) is 18.5 Å². The molecule has 1 aliphatic rings. The first-order chi connectivity index (χ1) is 11.4. The van der Waals surface area contributed by atoms with Crippen LogP contribution < -0.4 is 5.32 Å². The highest BCUT2D eigenvalue weighted by Gasteiger charge is 2.30. The van der Waals surface area contributed by atoms with E-state index >= 15 is 0 Å². The van der Waals surface area contributed by atoms with Gasteiger partial charge in [-0.1, -0.05) is 30.3 Å². The van der Waals surface area contributed by atoms with Crippen LogP contribution in [0.4, 0.5) is 0 Å². The van der Waals surface area contributed by atoms with Gasteiger partial charge in [-0.25, -0.2) is 8.42 Å². The van der Waals surface area contributed by atoms with Gasteiger partial charge in [0.25, 0.3) is 5.91 Å². The van der Waals surface area contributed by atoms with Gasteiger partial charge in [-0.05, 0) is 18.4 Å². The summed E-state index contributed by atoms with van der Waals surface area (Å²) in [7, 11) is -1.31. The van der Waals surface area contributed by atoms with E-state index in [1.54, 1.807) is 11.9 Å². The molecule has 1 aliphatic heterocycles. The molecule has 1 amide bonds. The first kappa shape index (κ1) is 18.0. The van der Waals surface area contributed by atoms with Gasteiger partial charge in [-0.3, -0.25) is 4.79 Å². The Morgan fingerprint density at radius 1 is 1.42 bits per heavy atom. The molecular weight excluding hydrogens is 326 g/mol. The fourth-order valence-corrected chi connectivity index (χ4v) is 4.39. The SMILES string of the molecule is CN(/C=C(/C#N)C(=O)NCCc1ccccc1)C1CCS(=O)(=O)C1. The molecule has 1 aromatic rings. The van der Waals surface area contributed by atoms with E-state index in [0.717, 1.165) is 5.56 Å². The quantitative estimate of drug-likeness (QED) is 0.609. The number of hydrogen-bond donors (Lipinski definition) is 1. The molecule has 1 aromatic carbocycles. The van der Waals surface area contributed by atoms with E-state index in [2.05, 4.69) is 5.32 Å². The summed E-state index contributed by atoms with van der Waals surface area (Å²) in [5, 5.41) is 11.9. The molecule has 0 aromatic heterocycles. The Balaban J connectivity index is 1.90. The van der Waals surface area contributed by atoms with Gasteiger partial charge in [0.1, 0.15) is 11.6 Å². The second kappa shape index (κ2) is 7.97. The topological polar surface area (TPSA) is 90.3 Å². The second-order valence-corrected chi connectivity index (χ2v) is 8.10. The Hall–Kier alpha value is -2.33. The molecular formula is C17H21N3O3S. The van der Waals surface area contributed by atoms with Gasteiger partial charge < -0.3 is 10.2 Å². The first-order valence-corrected chi connectivity index (χ1v) is 9.60. The number of nitriles is 1. The molecule has 0 bridgehead atoms. The fraction of sp³-hybridized carbons (Fsp3) is 0.412. The summed E-state index contributed by atoms with van der Waals surface area (Å²) in [5.74, 6) is -0.226. The van der Waals surface area contributed by atoms with E-state index in [4.69, 9.17) is 0 Å². The van der Waals surface area contributed by atoms with Crippen molar-refractivity contribution in [3.05, 3.63) is 47.7 Å². The Morgan fingerprint density at radius 2 is 2.12 bits per heavy atom. The molecule has 1 atom stereocenters. The zero-order valence-corrected chi connectivity index (χ0v) is 14.4. The molecule has 0 aliphatic carbocycles. The van der Waals surface area contributed by atoms with Gasteiger partial charge in [0.2, 0.25) is 0 Å². The van der Waals surface area contributed by atoms with E-state index in [0.29, 0.717) is 19.4 Å². The van der Waals surface area contributed by atoms with Crippen molar-refractivity contribution >= 4 is 15.7 Å². The molecule has 1 saturated heterocycles. The number of sulfone groups is 1. The zero-order valence-electron chi connectivity index (χ0n) is 13.6. The van der Waals surface area contributed by atoms with E-state index in [1.165, 1.54) is 6.20 Å². The maximum atomic E-state index is 12.1. The van der Waals surface area contributed by atoms with Crippen LogP contribution in [0.5, 0.6) is 0 Å². The normalized spacial score (nSPS) is 19.5. The van der Waals surface area contributed by atoms with Crippen molar-refractivity contribution < 1.29 is 13.2 Å². The average Bonchev–Trinajstić information content (AvgIpc) is 2.93. The molecule has 1 heterocycles. The number of carbonyl (C=O) groups excluding carboxylic acids is 1. The minimum absolute atomic E-state index is 0.0186. The number of carbonyl (C=O) groups is 1. The van der Waals surface area contributed by atoms with Crippen LogP contribution in [0.15, 0.2) is 42.1 Å². The smallest absolute Gasteiger partial charge is 0.263 e. The zero-order chi connectivity index (χ0) is 17.6. The van der Waals surface area contributed by atoms with Gasteiger partial charge in [0, 0.05) is 25.8 Å². The molecule has 1 fully saturated rings. The summed E-state index contributed by atoms with van der Waals surface area (Å²) in [6, 6.07) is 11.4. The molecule has 0 radical (unpaired) electrons. The average molecular weight is 347 g/mol. The molecule has 7 heteroatoms. The number of hydrogen-bond acceptors (Lipinski definition) is 5. The van der Waals surface area contributed by atoms with Crippen molar-refractivity contribution in [2.75, 3.05) is 25.1 Å². The summed E-state index contributed by atoms with van der Waals surface area (Å²) >= 11 is 0. The second-order valence-electron chi connectivity index (χ2n) is 5.87. The molecule has 6 nitrogen and oxygen atoms in total. The van der Waals surface area contributed by atoms with Crippen LogP contribution >= 0.6 is 0 Å². The number of rotatable bonds is 6. The Morgan fingerprint density at radius 3 is 2.71 bits per heavy atom. The highest BCUT2D eigenvalue weighted by Crippen LogP contribution is 2.17. The van der Waals surface area contributed by atoms with E-state index in [-0.39, 0.29) is 23.1 Å². The van der Waals surface area contributed by atoms with Crippen LogP contribution in [0.2, 0.25) is 0 Å². The Bertz CT molecular complexity index is 751. The largest absolute Gasteiger partial charge is 0.375 e. The van der Waals surface area contributed by atoms with Crippen molar-refractivity contribution in [1.82, 2.24) is 10.2 Å². The maximum Gasteiger partial charge on any atom is 0.263 e. The van der Waals surface area contributed by atoms with Crippen LogP contribution in [0, 0.1) is 11.3 Å². The standard InChI is InChI=1S/C17H21N3O3S/c1-20(16-8-10-24(22,23)13-16)12-15(11-18)17(21)19-9-7-14-5-3-2-4-6-14/h2-6,12,16H,7-10,13H2,1H3,(H,19,21)/b15-12-. The predicted octanol–water partition coefficient (Wildman–Crippen LogP) is 0.872. The van der Waals surface area contributed by atoms with Gasteiger partial charge in [0.15, 0.2) is 9.84 Å². The molecule has 128 valence electrons. The third-order valence-electron chi connectivity index (χ3n) is 4.02. The summed E-state index contributed by atoms with van der Waals surface area (Å²) in [5.41, 5.74) is 1.09. The van der Waals surface area contributed by atoms with Gasteiger partial charge in [0.05, 0.1) is 11.5 Å². The lowest BCUT2D eigenvalue weighted by atomic mass is 10.1. The molecule has 24 heavy (non-hydrogen) atoms. The molecule has 1 unspecified atom stereocenters. The maximum absolute atomic E-state index is 12.1. The summed E-state index contributed by atoms with van der Waals surface area (Å²) in [4.78, 5) is 13.7. The van der Waals surface area contributed by atoms with Crippen molar-refractivity contribution in [2.45, 2.75) is 18.9 Å². The first-order valence-electron chi connectivity index (χ1n) is 7.77. The van der Waals surface area contributed by atoms with Crippen molar-refractivity contribution in [1.29, 1.82) is 5.26 Å². The van der Waals surface area contributed by atoms with Crippen LogP contribution in [0.1, 0.15) is 12.0 Å². The highest BCUT2D eigenvalue weighted by molar-refractivity contribution is 7.91. The van der Waals surface area contributed by atoms with Gasteiger partial charge >= 0.3 is 0 Å². The van der Waals surface area contributed by atoms with E-state index < -0.39 is 15.7 Å². The van der Waals surface area contributed by atoms with Crippen LogP contribution in [0.25, 0.3) is 0 Å². The van der Waals surface area contributed by atoms with Crippen molar-refractivity contribution in [3.8, 4) is 6.07 Å². The van der Waals surface area contributed by atoms with Crippen LogP contribution in [0.3, 0.4) is 0 Å². The predicted molar refractivity (Wildman–Crippen MR) is 91.7 cm³/mol. The summed E-state index contributed by atoms with van der Waals surface area (Å²) in [6.45, 7) is 0.434. The Labute approximate surface area is 142 Å². The number of nitrogens with zero attached hydrogens (tertiary/aromatic N) is 2. The van der Waals surface area contributed by atoms with Gasteiger partial charge in [-0.2, -0.15) is 5.26 Å². The third-order valence-corrected chi connectivity index (χ3v) is 5.77. The highest BCUT2D eigenvalue weighted by atomic mass is 32.2. The molecule has 2 rings (SSSR count). The Kier molecular flexibility index (Phi) is 5.99. The number of amides is 1. The molecule has 0 spiro atoms. The lowest BCUT2D eigenvalue weighted by molar-refractivity contribution is -0.117. The lowest BCUT2D eigenvalue weighted by Crippen LogP contribution is -2.31.